The van der Waals surface area contributed by atoms with Crippen LogP contribution in [0.4, 0.5) is 18.0 Å². The summed E-state index contributed by atoms with van der Waals surface area (Å²) in [4.78, 5) is 13.2. The Morgan fingerprint density at radius 2 is 2.00 bits per heavy atom. The molecule has 2 rings (SSSR count). The molecule has 0 saturated carbocycles. The lowest BCUT2D eigenvalue weighted by atomic mass is 9.99. The van der Waals surface area contributed by atoms with Gasteiger partial charge in [-0.25, -0.2) is 4.79 Å². The van der Waals surface area contributed by atoms with Gasteiger partial charge in [-0.3, -0.25) is 0 Å². The molecule has 1 unspecified atom stereocenters. The van der Waals surface area contributed by atoms with E-state index in [2.05, 4.69) is 10.2 Å². The Kier molecular flexibility index (Phi) is 3.51. The molecule has 0 N–H and O–H groups in total. The van der Waals surface area contributed by atoms with Crippen LogP contribution in [0.25, 0.3) is 0 Å². The molecule has 2 heterocycles. The number of rotatable bonds is 0. The maximum absolute atomic E-state index is 12.7. The largest absolute Gasteiger partial charge is 0.444 e. The van der Waals surface area contributed by atoms with Gasteiger partial charge in [-0.05, 0) is 32.8 Å². The van der Waals surface area contributed by atoms with Crippen LogP contribution in [0.15, 0.2) is 21.5 Å². The number of hydrogen-bond acceptors (Lipinski definition) is 4. The lowest BCUT2D eigenvalue weighted by Gasteiger charge is -2.30. The summed E-state index contributed by atoms with van der Waals surface area (Å²) in [6, 6.07) is -1.85. The van der Waals surface area contributed by atoms with Gasteiger partial charge < -0.3 is 9.64 Å². The molecule has 0 spiro atoms. The zero-order chi connectivity index (χ0) is 15.1. The summed E-state index contributed by atoms with van der Waals surface area (Å²) >= 11 is 0. The van der Waals surface area contributed by atoms with Crippen LogP contribution in [-0.4, -0.2) is 41.9 Å². The number of halogens is 3. The van der Waals surface area contributed by atoms with Crippen molar-refractivity contribution in [3.63, 3.8) is 0 Å². The van der Waals surface area contributed by atoms with E-state index in [1.54, 1.807) is 20.8 Å². The highest BCUT2D eigenvalue weighted by atomic mass is 19.4. The van der Waals surface area contributed by atoms with Crippen molar-refractivity contribution in [2.24, 2.45) is 10.2 Å². The second-order valence-electron chi connectivity index (χ2n) is 5.78. The third kappa shape index (κ3) is 3.10. The summed E-state index contributed by atoms with van der Waals surface area (Å²) in [5.41, 5.74) is -0.251. The van der Waals surface area contributed by atoms with Crippen LogP contribution in [0.5, 0.6) is 0 Å². The average molecular weight is 291 g/mol. The fraction of sp³-hybridized carbons (Fsp3) is 0.750. The van der Waals surface area contributed by atoms with Gasteiger partial charge in [0.05, 0.1) is 12.2 Å². The summed E-state index contributed by atoms with van der Waals surface area (Å²) in [6.45, 7) is 5.39. The minimum Gasteiger partial charge on any atom is -0.444 e. The van der Waals surface area contributed by atoms with Gasteiger partial charge in [0.2, 0.25) is 0 Å². The Morgan fingerprint density at radius 3 is 2.55 bits per heavy atom. The number of ether oxygens (including phenoxy) is 1. The van der Waals surface area contributed by atoms with Gasteiger partial charge in [0.15, 0.2) is 6.04 Å². The smallest absolute Gasteiger partial charge is 0.416 e. The van der Waals surface area contributed by atoms with Gasteiger partial charge in [0.25, 0.3) is 0 Å². The lowest BCUT2D eigenvalue weighted by molar-refractivity contribution is -0.139. The Labute approximate surface area is 114 Å². The quantitative estimate of drug-likeness (QED) is 0.687. The molecular weight excluding hydrogens is 275 g/mol. The number of hydrogen-bond donors (Lipinski definition) is 0. The van der Waals surface area contributed by atoms with Gasteiger partial charge in [-0.15, -0.1) is 0 Å². The fourth-order valence-corrected chi connectivity index (χ4v) is 2.09. The van der Waals surface area contributed by atoms with Crippen molar-refractivity contribution in [3.8, 4) is 0 Å². The predicted octanol–water partition coefficient (Wildman–Crippen LogP) is 3.28. The first kappa shape index (κ1) is 14.8. The molecule has 2 aliphatic heterocycles. The molecule has 1 amide bonds. The summed E-state index contributed by atoms with van der Waals surface area (Å²) in [5.74, 6) is 0. The standard InChI is InChI=1S/C12H16F3N3O2/c1-11(2,3)20-10(19)18-5-4-7-8(6-18)16-17-9(7)12(13,14)15/h9H,4-6H2,1-3H3. The molecule has 5 nitrogen and oxygen atoms in total. The number of azo groups is 1. The third-order valence-corrected chi connectivity index (χ3v) is 2.95. The summed E-state index contributed by atoms with van der Waals surface area (Å²) in [6.07, 6.45) is -4.85. The highest BCUT2D eigenvalue weighted by Gasteiger charge is 2.47. The summed E-state index contributed by atoms with van der Waals surface area (Å²) in [7, 11) is 0. The van der Waals surface area contributed by atoms with Crippen LogP contribution < -0.4 is 0 Å². The first-order valence-corrected chi connectivity index (χ1v) is 6.25. The molecule has 112 valence electrons. The second kappa shape index (κ2) is 4.75. The minimum absolute atomic E-state index is 0.0142. The van der Waals surface area contributed by atoms with Gasteiger partial charge in [-0.2, -0.15) is 23.4 Å². The van der Waals surface area contributed by atoms with Crippen molar-refractivity contribution in [2.75, 3.05) is 13.1 Å². The number of nitrogens with zero attached hydrogens (tertiary/aromatic N) is 3. The Hall–Kier alpha value is -1.60. The molecule has 0 aromatic heterocycles. The average Bonchev–Trinajstić information content (AvgIpc) is 2.68. The number of amides is 1. The molecule has 0 saturated heterocycles. The monoisotopic (exact) mass is 291 g/mol. The van der Waals surface area contributed by atoms with E-state index in [0.717, 1.165) is 0 Å². The van der Waals surface area contributed by atoms with Crippen LogP contribution in [0.1, 0.15) is 27.2 Å². The predicted molar refractivity (Wildman–Crippen MR) is 64.1 cm³/mol. The van der Waals surface area contributed by atoms with Gasteiger partial charge >= 0.3 is 12.3 Å². The molecule has 0 fully saturated rings. The highest BCUT2D eigenvalue weighted by Crippen LogP contribution is 2.38. The normalized spacial score (nSPS) is 23.1. The van der Waals surface area contributed by atoms with Crippen molar-refractivity contribution in [3.05, 3.63) is 11.3 Å². The lowest BCUT2D eigenvalue weighted by Crippen LogP contribution is -2.41. The highest BCUT2D eigenvalue weighted by molar-refractivity contribution is 5.69. The van der Waals surface area contributed by atoms with E-state index in [1.807, 2.05) is 0 Å². The molecule has 0 aromatic rings. The Morgan fingerprint density at radius 1 is 1.35 bits per heavy atom. The van der Waals surface area contributed by atoms with Crippen LogP contribution in [-0.2, 0) is 4.74 Å². The van der Waals surface area contributed by atoms with Gasteiger partial charge in [0, 0.05) is 6.54 Å². The molecule has 1 atom stereocenters. The van der Waals surface area contributed by atoms with E-state index in [9.17, 15) is 18.0 Å². The molecule has 0 aliphatic carbocycles. The van der Waals surface area contributed by atoms with Crippen molar-refractivity contribution < 1.29 is 22.7 Å². The van der Waals surface area contributed by atoms with Crippen LogP contribution in [0.2, 0.25) is 0 Å². The third-order valence-electron chi connectivity index (χ3n) is 2.95. The molecule has 8 heteroatoms. The van der Waals surface area contributed by atoms with Crippen molar-refractivity contribution in [1.29, 1.82) is 0 Å². The maximum Gasteiger partial charge on any atom is 0.416 e. The number of alkyl halides is 3. The Balaban J connectivity index is 2.07. The van der Waals surface area contributed by atoms with Crippen LogP contribution in [0.3, 0.4) is 0 Å². The zero-order valence-corrected chi connectivity index (χ0v) is 11.5. The summed E-state index contributed by atoms with van der Waals surface area (Å²) < 4.78 is 43.3. The van der Waals surface area contributed by atoms with E-state index in [4.69, 9.17) is 4.74 Å². The van der Waals surface area contributed by atoms with Gasteiger partial charge in [-0.1, -0.05) is 0 Å². The first-order chi connectivity index (χ1) is 9.08. The topological polar surface area (TPSA) is 54.3 Å². The molecule has 0 radical (unpaired) electrons. The SMILES string of the molecule is CC(C)(C)OC(=O)N1CCC2=C(C1)N=NC2C(F)(F)F. The molecule has 2 aliphatic rings. The fourth-order valence-electron chi connectivity index (χ4n) is 2.09. The molecule has 20 heavy (non-hydrogen) atoms. The number of carbonyl (C=O) groups is 1. The van der Waals surface area contributed by atoms with Crippen molar-refractivity contribution in [2.45, 2.75) is 45.0 Å². The van der Waals surface area contributed by atoms with E-state index in [-0.39, 0.29) is 30.8 Å². The van der Waals surface area contributed by atoms with E-state index < -0.39 is 23.9 Å². The minimum atomic E-state index is -4.42. The zero-order valence-electron chi connectivity index (χ0n) is 11.5. The molecule has 0 bridgehead atoms. The number of carbonyl (C=O) groups excluding carboxylic acids is 1. The van der Waals surface area contributed by atoms with E-state index in [0.29, 0.717) is 0 Å². The van der Waals surface area contributed by atoms with E-state index in [1.165, 1.54) is 4.90 Å². The summed E-state index contributed by atoms with van der Waals surface area (Å²) in [5, 5.41) is 6.84. The molecular formula is C12H16F3N3O2. The van der Waals surface area contributed by atoms with Crippen LogP contribution in [0, 0.1) is 0 Å². The van der Waals surface area contributed by atoms with E-state index >= 15 is 0 Å². The molecule has 0 aromatic carbocycles. The maximum atomic E-state index is 12.7. The van der Waals surface area contributed by atoms with Gasteiger partial charge in [0.1, 0.15) is 5.60 Å². The first-order valence-electron chi connectivity index (χ1n) is 6.25. The van der Waals surface area contributed by atoms with Crippen LogP contribution >= 0.6 is 0 Å². The van der Waals surface area contributed by atoms with Crippen molar-refractivity contribution >= 4 is 6.09 Å². The second-order valence-corrected chi connectivity index (χ2v) is 5.78. The van der Waals surface area contributed by atoms with Crippen molar-refractivity contribution in [1.82, 2.24) is 4.90 Å². The Bertz CT molecular complexity index is 477.